The first-order valence-electron chi connectivity index (χ1n) is 5.51. The molecule has 2 aromatic rings. The van der Waals surface area contributed by atoms with Crippen LogP contribution in [0, 0.1) is 5.82 Å². The average Bonchev–Trinajstić information content (AvgIpc) is 2.91. The van der Waals surface area contributed by atoms with Gasteiger partial charge < -0.3 is 10.4 Å². The Morgan fingerprint density at radius 3 is 2.70 bits per heavy atom. The number of carbonyl (C=O) groups excluding carboxylic acids is 1. The average molecular weight is 358 g/mol. The Bertz CT molecular complexity index is 645. The zero-order chi connectivity index (χ0) is 14.7. The van der Waals surface area contributed by atoms with Gasteiger partial charge >= 0.3 is 5.97 Å². The molecule has 0 saturated carbocycles. The van der Waals surface area contributed by atoms with Crippen molar-refractivity contribution < 1.29 is 19.1 Å². The first kappa shape index (κ1) is 14.7. The minimum absolute atomic E-state index is 0.0489. The fourth-order valence-corrected chi connectivity index (χ4v) is 2.78. The molecule has 2 rings (SSSR count). The van der Waals surface area contributed by atoms with Gasteiger partial charge in [-0.3, -0.25) is 4.79 Å². The SMILES string of the molecule is O=C(NC(C(=O)O)c1cccs1)c1cc(F)ccc1Br. The van der Waals surface area contributed by atoms with Crippen molar-refractivity contribution >= 4 is 39.1 Å². The van der Waals surface area contributed by atoms with Gasteiger partial charge in [0.15, 0.2) is 6.04 Å². The van der Waals surface area contributed by atoms with E-state index in [1.54, 1.807) is 17.5 Å². The highest BCUT2D eigenvalue weighted by molar-refractivity contribution is 9.10. The highest BCUT2D eigenvalue weighted by Gasteiger charge is 2.24. The molecule has 1 heterocycles. The maximum atomic E-state index is 13.2. The van der Waals surface area contributed by atoms with Gasteiger partial charge in [0.2, 0.25) is 0 Å². The molecule has 1 amide bonds. The summed E-state index contributed by atoms with van der Waals surface area (Å²) in [5.41, 5.74) is 0.0489. The second kappa shape index (κ2) is 6.15. The van der Waals surface area contributed by atoms with Crippen LogP contribution in [0.2, 0.25) is 0 Å². The quantitative estimate of drug-likeness (QED) is 0.882. The Hall–Kier alpha value is -1.73. The van der Waals surface area contributed by atoms with E-state index in [0.717, 1.165) is 6.07 Å². The van der Waals surface area contributed by atoms with Crippen molar-refractivity contribution in [3.63, 3.8) is 0 Å². The summed E-state index contributed by atoms with van der Waals surface area (Å²) in [6, 6.07) is 5.80. The number of hydrogen-bond donors (Lipinski definition) is 2. The molecule has 1 aromatic heterocycles. The van der Waals surface area contributed by atoms with Crippen LogP contribution in [-0.2, 0) is 4.79 Å². The molecule has 0 aliphatic rings. The lowest BCUT2D eigenvalue weighted by Crippen LogP contribution is -2.33. The lowest BCUT2D eigenvalue weighted by Gasteiger charge is -2.13. The van der Waals surface area contributed by atoms with Crippen LogP contribution in [-0.4, -0.2) is 17.0 Å². The Kier molecular flexibility index (Phi) is 4.51. The highest BCUT2D eigenvalue weighted by atomic mass is 79.9. The Balaban J connectivity index is 2.25. The van der Waals surface area contributed by atoms with Gasteiger partial charge in [0.1, 0.15) is 5.82 Å². The van der Waals surface area contributed by atoms with Crippen LogP contribution < -0.4 is 5.32 Å². The molecule has 0 fully saturated rings. The van der Waals surface area contributed by atoms with Gasteiger partial charge in [-0.25, -0.2) is 9.18 Å². The highest BCUT2D eigenvalue weighted by Crippen LogP contribution is 2.22. The molecule has 0 aliphatic heterocycles. The third kappa shape index (κ3) is 3.23. The van der Waals surface area contributed by atoms with E-state index in [4.69, 9.17) is 0 Å². The molecular weight excluding hydrogens is 349 g/mol. The normalized spacial score (nSPS) is 11.9. The summed E-state index contributed by atoms with van der Waals surface area (Å²) in [5.74, 6) is -2.40. The van der Waals surface area contributed by atoms with Crippen LogP contribution in [0.3, 0.4) is 0 Å². The largest absolute Gasteiger partial charge is 0.479 e. The fraction of sp³-hybridized carbons (Fsp3) is 0.0769. The van der Waals surface area contributed by atoms with Crippen molar-refractivity contribution in [1.82, 2.24) is 5.32 Å². The topological polar surface area (TPSA) is 66.4 Å². The minimum atomic E-state index is -1.17. The van der Waals surface area contributed by atoms with E-state index >= 15 is 0 Å². The van der Waals surface area contributed by atoms with Crippen molar-refractivity contribution in [3.05, 3.63) is 56.4 Å². The number of aliphatic carboxylic acids is 1. The first-order chi connectivity index (χ1) is 9.49. The van der Waals surface area contributed by atoms with E-state index in [1.165, 1.54) is 23.5 Å². The molecule has 0 spiro atoms. The standard InChI is InChI=1S/C13H9BrFNO3S/c14-9-4-3-7(15)6-8(9)12(17)16-11(13(18)19)10-2-1-5-20-10/h1-6,11H,(H,16,17)(H,18,19). The van der Waals surface area contributed by atoms with Gasteiger partial charge in [-0.2, -0.15) is 0 Å². The predicted molar refractivity (Wildman–Crippen MR) is 76.3 cm³/mol. The van der Waals surface area contributed by atoms with Gasteiger partial charge in [0.05, 0.1) is 5.56 Å². The molecule has 7 heteroatoms. The Morgan fingerprint density at radius 2 is 2.10 bits per heavy atom. The van der Waals surface area contributed by atoms with Crippen molar-refractivity contribution in [2.24, 2.45) is 0 Å². The lowest BCUT2D eigenvalue weighted by atomic mass is 10.1. The zero-order valence-corrected chi connectivity index (χ0v) is 12.4. The monoisotopic (exact) mass is 357 g/mol. The molecule has 1 aromatic carbocycles. The fourth-order valence-electron chi connectivity index (χ4n) is 1.59. The maximum Gasteiger partial charge on any atom is 0.331 e. The molecule has 0 bridgehead atoms. The predicted octanol–water partition coefficient (Wildman–Crippen LogP) is 3.21. The van der Waals surface area contributed by atoms with Gasteiger partial charge in [-0.1, -0.05) is 6.07 Å². The number of carboxylic acids is 1. The van der Waals surface area contributed by atoms with Crippen molar-refractivity contribution in [3.8, 4) is 0 Å². The number of carbonyl (C=O) groups is 2. The van der Waals surface area contributed by atoms with Gasteiger partial charge in [0.25, 0.3) is 5.91 Å². The molecule has 0 saturated heterocycles. The second-order valence-electron chi connectivity index (χ2n) is 3.88. The van der Waals surface area contributed by atoms with Crippen molar-refractivity contribution in [2.45, 2.75) is 6.04 Å². The molecule has 4 nitrogen and oxygen atoms in total. The van der Waals surface area contributed by atoms with E-state index in [2.05, 4.69) is 21.2 Å². The van der Waals surface area contributed by atoms with E-state index in [-0.39, 0.29) is 5.56 Å². The van der Waals surface area contributed by atoms with Gasteiger partial charge in [0, 0.05) is 9.35 Å². The Labute approximate surface area is 126 Å². The molecule has 0 aliphatic carbocycles. The number of thiophene rings is 1. The van der Waals surface area contributed by atoms with Crippen molar-refractivity contribution in [1.29, 1.82) is 0 Å². The lowest BCUT2D eigenvalue weighted by molar-refractivity contribution is -0.139. The van der Waals surface area contributed by atoms with Gasteiger partial charge in [-0.15, -0.1) is 11.3 Å². The molecule has 1 unspecified atom stereocenters. The van der Waals surface area contributed by atoms with E-state index < -0.39 is 23.7 Å². The maximum absolute atomic E-state index is 13.2. The number of benzene rings is 1. The third-order valence-corrected chi connectivity index (χ3v) is 4.15. The van der Waals surface area contributed by atoms with E-state index in [1.807, 2.05) is 0 Å². The summed E-state index contributed by atoms with van der Waals surface area (Å²) < 4.78 is 13.6. The number of halogens is 2. The molecule has 104 valence electrons. The summed E-state index contributed by atoms with van der Waals surface area (Å²) in [6.07, 6.45) is 0. The van der Waals surface area contributed by atoms with E-state index in [0.29, 0.717) is 9.35 Å². The summed E-state index contributed by atoms with van der Waals surface area (Å²) >= 11 is 4.36. The number of hydrogen-bond acceptors (Lipinski definition) is 3. The number of carboxylic acid groups (broad SMARTS) is 1. The molecule has 20 heavy (non-hydrogen) atoms. The number of amides is 1. The minimum Gasteiger partial charge on any atom is -0.479 e. The molecule has 2 N–H and O–H groups in total. The molecule has 0 radical (unpaired) electrons. The van der Waals surface area contributed by atoms with Crippen LogP contribution in [0.5, 0.6) is 0 Å². The summed E-state index contributed by atoms with van der Waals surface area (Å²) in [4.78, 5) is 23.8. The zero-order valence-electron chi connectivity index (χ0n) is 9.97. The number of rotatable bonds is 4. The van der Waals surface area contributed by atoms with Crippen molar-refractivity contribution in [2.75, 3.05) is 0 Å². The smallest absolute Gasteiger partial charge is 0.331 e. The van der Waals surface area contributed by atoms with Gasteiger partial charge in [-0.05, 0) is 45.6 Å². The Morgan fingerprint density at radius 1 is 1.35 bits per heavy atom. The van der Waals surface area contributed by atoms with Crippen LogP contribution in [0.4, 0.5) is 4.39 Å². The van der Waals surface area contributed by atoms with Crippen LogP contribution >= 0.6 is 27.3 Å². The number of nitrogens with one attached hydrogen (secondary N) is 1. The molecular formula is C13H9BrFNO3S. The molecule has 1 atom stereocenters. The van der Waals surface area contributed by atoms with Crippen LogP contribution in [0.1, 0.15) is 21.3 Å². The first-order valence-corrected chi connectivity index (χ1v) is 7.18. The van der Waals surface area contributed by atoms with Crippen LogP contribution in [0.25, 0.3) is 0 Å². The van der Waals surface area contributed by atoms with Crippen LogP contribution in [0.15, 0.2) is 40.2 Å². The van der Waals surface area contributed by atoms with E-state index in [9.17, 15) is 19.1 Å². The summed E-state index contributed by atoms with van der Waals surface area (Å²) in [7, 11) is 0. The summed E-state index contributed by atoms with van der Waals surface area (Å²) in [6.45, 7) is 0. The summed E-state index contributed by atoms with van der Waals surface area (Å²) in [5, 5.41) is 13.3. The third-order valence-electron chi connectivity index (χ3n) is 2.52. The second-order valence-corrected chi connectivity index (χ2v) is 5.72.